The van der Waals surface area contributed by atoms with Gasteiger partial charge in [0, 0.05) is 0 Å². The lowest BCUT2D eigenvalue weighted by molar-refractivity contribution is -0.132. The summed E-state index contributed by atoms with van der Waals surface area (Å²) in [6.07, 6.45) is -1.87. The molecule has 1 aliphatic heterocycles. The fourth-order valence-electron chi connectivity index (χ4n) is 0.865. The van der Waals surface area contributed by atoms with Gasteiger partial charge in [-0.1, -0.05) is 0 Å². The molecule has 5 nitrogen and oxygen atoms in total. The molecular weight excluding hydrogens is 203 g/mol. The van der Waals surface area contributed by atoms with Crippen molar-refractivity contribution >= 4 is 29.4 Å². The van der Waals surface area contributed by atoms with Crippen LogP contribution < -0.4 is 5.32 Å². The van der Waals surface area contributed by atoms with Crippen LogP contribution in [-0.4, -0.2) is 41.3 Å². The van der Waals surface area contributed by atoms with E-state index in [2.05, 4.69) is 0 Å². The normalized spacial score (nSPS) is 22.9. The van der Waals surface area contributed by atoms with Crippen LogP contribution in [0.15, 0.2) is 0 Å². The van der Waals surface area contributed by atoms with E-state index in [4.69, 9.17) is 11.6 Å². The van der Waals surface area contributed by atoms with E-state index in [0.717, 1.165) is 0 Å². The SMILES string of the molecule is O=C1NC(=O)N(C(=O)CCl)CC1F. The predicted molar refractivity (Wildman–Crippen MR) is 40.9 cm³/mol. The summed E-state index contributed by atoms with van der Waals surface area (Å²) in [6.45, 7) is -0.559. The molecule has 0 saturated carbocycles. The zero-order chi connectivity index (χ0) is 10.0. The Balaban J connectivity index is 2.72. The summed E-state index contributed by atoms with van der Waals surface area (Å²) in [5.41, 5.74) is 0. The van der Waals surface area contributed by atoms with E-state index < -0.39 is 36.4 Å². The lowest BCUT2D eigenvalue weighted by Gasteiger charge is -2.25. The van der Waals surface area contributed by atoms with Crippen LogP contribution in [0.1, 0.15) is 0 Å². The molecule has 72 valence electrons. The highest BCUT2D eigenvalue weighted by Crippen LogP contribution is 2.05. The Morgan fingerprint density at radius 2 is 2.31 bits per heavy atom. The van der Waals surface area contributed by atoms with Crippen LogP contribution >= 0.6 is 11.6 Å². The first-order valence-corrected chi connectivity index (χ1v) is 3.95. The number of halogens is 2. The van der Waals surface area contributed by atoms with Crippen LogP contribution in [-0.2, 0) is 9.59 Å². The van der Waals surface area contributed by atoms with Gasteiger partial charge in [-0.15, -0.1) is 11.6 Å². The molecule has 1 rings (SSSR count). The maximum absolute atomic E-state index is 12.7. The number of carbonyl (C=O) groups is 3. The van der Waals surface area contributed by atoms with Gasteiger partial charge in [0.2, 0.25) is 5.91 Å². The van der Waals surface area contributed by atoms with E-state index in [1.807, 2.05) is 0 Å². The van der Waals surface area contributed by atoms with Gasteiger partial charge in [-0.05, 0) is 0 Å². The Morgan fingerprint density at radius 1 is 1.69 bits per heavy atom. The van der Waals surface area contributed by atoms with Crippen LogP contribution in [0.2, 0.25) is 0 Å². The minimum Gasteiger partial charge on any atom is -0.275 e. The van der Waals surface area contributed by atoms with Crippen molar-refractivity contribution in [1.29, 1.82) is 0 Å². The second-order valence-corrected chi connectivity index (χ2v) is 2.67. The molecule has 0 spiro atoms. The Hall–Kier alpha value is -1.17. The molecule has 1 N–H and O–H groups in total. The standard InChI is InChI=1S/C6H6ClFN2O3/c7-1-4(11)10-2-3(8)5(12)9-6(10)13/h3H,1-2H2,(H,9,12,13). The summed E-state index contributed by atoms with van der Waals surface area (Å²) in [5.74, 6) is -2.17. The number of urea groups is 1. The third-order valence-electron chi connectivity index (χ3n) is 1.52. The van der Waals surface area contributed by atoms with E-state index in [9.17, 15) is 18.8 Å². The van der Waals surface area contributed by atoms with Crippen LogP contribution in [0.3, 0.4) is 0 Å². The first-order chi connectivity index (χ1) is 6.06. The van der Waals surface area contributed by atoms with Gasteiger partial charge in [0.25, 0.3) is 5.91 Å². The molecule has 0 aromatic heterocycles. The van der Waals surface area contributed by atoms with Crippen molar-refractivity contribution in [3.8, 4) is 0 Å². The summed E-state index contributed by atoms with van der Waals surface area (Å²) in [7, 11) is 0. The Morgan fingerprint density at radius 3 is 2.85 bits per heavy atom. The summed E-state index contributed by atoms with van der Waals surface area (Å²) in [5, 5.41) is 1.69. The first-order valence-electron chi connectivity index (χ1n) is 3.41. The number of nitrogens with zero attached hydrogens (tertiary/aromatic N) is 1. The molecule has 1 unspecified atom stereocenters. The summed E-state index contributed by atoms with van der Waals surface area (Å²) in [6, 6.07) is -0.926. The van der Waals surface area contributed by atoms with E-state index in [1.165, 1.54) is 0 Å². The molecule has 1 heterocycles. The highest BCUT2D eigenvalue weighted by Gasteiger charge is 2.35. The minimum atomic E-state index is -1.87. The molecule has 0 bridgehead atoms. The zero-order valence-electron chi connectivity index (χ0n) is 6.42. The van der Waals surface area contributed by atoms with Crippen LogP contribution in [0.25, 0.3) is 0 Å². The number of carbonyl (C=O) groups excluding carboxylic acids is 3. The van der Waals surface area contributed by atoms with Gasteiger partial charge >= 0.3 is 6.03 Å². The molecule has 1 aliphatic rings. The fraction of sp³-hybridized carbons (Fsp3) is 0.500. The van der Waals surface area contributed by atoms with Crippen molar-refractivity contribution in [2.45, 2.75) is 6.17 Å². The van der Waals surface area contributed by atoms with Crippen molar-refractivity contribution in [2.75, 3.05) is 12.4 Å². The summed E-state index contributed by atoms with van der Waals surface area (Å²) < 4.78 is 12.7. The molecule has 0 radical (unpaired) electrons. The van der Waals surface area contributed by atoms with Gasteiger partial charge in [-0.3, -0.25) is 19.8 Å². The van der Waals surface area contributed by atoms with Gasteiger partial charge in [-0.2, -0.15) is 0 Å². The van der Waals surface area contributed by atoms with Crippen molar-refractivity contribution < 1.29 is 18.8 Å². The molecule has 7 heteroatoms. The fourth-order valence-corrected chi connectivity index (χ4v) is 1.01. The largest absolute Gasteiger partial charge is 0.330 e. The van der Waals surface area contributed by atoms with Gasteiger partial charge < -0.3 is 0 Å². The first kappa shape index (κ1) is 9.91. The van der Waals surface area contributed by atoms with Crippen molar-refractivity contribution in [3.63, 3.8) is 0 Å². The van der Waals surface area contributed by atoms with E-state index in [0.29, 0.717) is 4.90 Å². The Bertz CT molecular complexity index is 271. The highest BCUT2D eigenvalue weighted by molar-refractivity contribution is 6.28. The average molecular weight is 209 g/mol. The van der Waals surface area contributed by atoms with Gasteiger partial charge in [0.15, 0.2) is 6.17 Å². The Labute approximate surface area is 77.8 Å². The molecule has 0 aliphatic carbocycles. The number of rotatable bonds is 1. The molecule has 1 saturated heterocycles. The molecule has 0 aromatic rings. The van der Waals surface area contributed by atoms with Crippen molar-refractivity contribution in [2.24, 2.45) is 0 Å². The number of hydrogen-bond donors (Lipinski definition) is 1. The van der Waals surface area contributed by atoms with Crippen molar-refractivity contribution in [1.82, 2.24) is 10.2 Å². The number of nitrogens with one attached hydrogen (secondary N) is 1. The maximum Gasteiger partial charge on any atom is 0.330 e. The van der Waals surface area contributed by atoms with Crippen LogP contribution in [0, 0.1) is 0 Å². The van der Waals surface area contributed by atoms with Crippen LogP contribution in [0.4, 0.5) is 9.18 Å². The average Bonchev–Trinajstić information content (AvgIpc) is 2.10. The van der Waals surface area contributed by atoms with Gasteiger partial charge in [0.1, 0.15) is 5.88 Å². The lowest BCUT2D eigenvalue weighted by Crippen LogP contribution is -2.57. The summed E-state index contributed by atoms with van der Waals surface area (Å²) in [4.78, 5) is 32.9. The number of amides is 4. The van der Waals surface area contributed by atoms with E-state index >= 15 is 0 Å². The molecule has 1 atom stereocenters. The summed E-state index contributed by atoms with van der Waals surface area (Å²) >= 11 is 5.16. The lowest BCUT2D eigenvalue weighted by atomic mass is 10.3. The third-order valence-corrected chi connectivity index (χ3v) is 1.75. The third kappa shape index (κ3) is 1.95. The predicted octanol–water partition coefficient (Wildman–Crippen LogP) is -0.358. The number of hydrogen-bond acceptors (Lipinski definition) is 3. The molecule has 1 fully saturated rings. The van der Waals surface area contributed by atoms with Gasteiger partial charge in [-0.25, -0.2) is 9.18 Å². The van der Waals surface area contributed by atoms with E-state index in [1.54, 1.807) is 5.32 Å². The second-order valence-electron chi connectivity index (χ2n) is 2.40. The second kappa shape index (κ2) is 3.69. The smallest absolute Gasteiger partial charge is 0.275 e. The molecular formula is C6H6ClFN2O3. The minimum absolute atomic E-state index is 0.422. The van der Waals surface area contributed by atoms with Crippen LogP contribution in [0.5, 0.6) is 0 Å². The monoisotopic (exact) mass is 208 g/mol. The molecule has 13 heavy (non-hydrogen) atoms. The number of imide groups is 2. The zero-order valence-corrected chi connectivity index (χ0v) is 7.18. The van der Waals surface area contributed by atoms with E-state index in [-0.39, 0.29) is 0 Å². The van der Waals surface area contributed by atoms with Gasteiger partial charge in [0.05, 0.1) is 6.54 Å². The Kier molecular flexibility index (Phi) is 2.82. The quantitative estimate of drug-likeness (QED) is 0.599. The number of alkyl halides is 2. The molecule has 0 aromatic carbocycles. The topological polar surface area (TPSA) is 66.5 Å². The highest BCUT2D eigenvalue weighted by atomic mass is 35.5. The maximum atomic E-state index is 12.7. The molecule has 4 amide bonds. The van der Waals surface area contributed by atoms with Crippen molar-refractivity contribution in [3.05, 3.63) is 0 Å².